The molecule has 0 N–H and O–H groups in total. The number of benzene rings is 2. The fourth-order valence-electron chi connectivity index (χ4n) is 5.27. The Balaban J connectivity index is 1.19. The molecular weight excluding hydrogens is 406 g/mol. The third kappa shape index (κ3) is 5.88. The number of anilines is 2. The topological polar surface area (TPSA) is 36.8 Å². The van der Waals surface area contributed by atoms with Crippen LogP contribution in [0.25, 0.3) is 0 Å². The molecule has 2 atom stereocenters. The van der Waals surface area contributed by atoms with Crippen molar-refractivity contribution in [2.24, 2.45) is 0 Å². The van der Waals surface area contributed by atoms with Crippen molar-refractivity contribution in [3.8, 4) is 6.07 Å². The molecule has 0 bridgehead atoms. The van der Waals surface area contributed by atoms with E-state index in [1.807, 2.05) is 18.2 Å². The Morgan fingerprint density at radius 3 is 1.79 bits per heavy atom. The quantitative estimate of drug-likeness (QED) is 0.633. The molecule has 2 unspecified atom stereocenters. The molecule has 0 spiro atoms. The van der Waals surface area contributed by atoms with Gasteiger partial charge in [-0.15, -0.1) is 0 Å². The van der Waals surface area contributed by atoms with Gasteiger partial charge in [0.25, 0.3) is 0 Å². The molecule has 33 heavy (non-hydrogen) atoms. The zero-order valence-corrected chi connectivity index (χ0v) is 20.6. The second-order valence-corrected chi connectivity index (χ2v) is 9.79. The van der Waals surface area contributed by atoms with E-state index in [-0.39, 0.29) is 0 Å². The van der Waals surface area contributed by atoms with Crippen LogP contribution in [-0.2, 0) is 0 Å². The van der Waals surface area contributed by atoms with Crippen LogP contribution < -0.4 is 9.80 Å². The smallest absolute Gasteiger partial charge is 0.101 e. The first-order valence-electron chi connectivity index (χ1n) is 12.6. The van der Waals surface area contributed by atoms with Gasteiger partial charge in [-0.2, -0.15) is 5.26 Å². The predicted molar refractivity (Wildman–Crippen MR) is 138 cm³/mol. The van der Waals surface area contributed by atoms with Gasteiger partial charge < -0.3 is 9.80 Å². The number of hydrogen-bond donors (Lipinski definition) is 0. The second kappa shape index (κ2) is 11.0. The average molecular weight is 446 g/mol. The van der Waals surface area contributed by atoms with Gasteiger partial charge in [0.05, 0.1) is 11.3 Å². The minimum Gasteiger partial charge on any atom is -0.369 e. The van der Waals surface area contributed by atoms with E-state index in [0.717, 1.165) is 63.6 Å². The average Bonchev–Trinajstić information content (AvgIpc) is 2.87. The van der Waals surface area contributed by atoms with E-state index in [2.05, 4.69) is 76.8 Å². The van der Waals surface area contributed by atoms with Crippen molar-refractivity contribution in [3.05, 3.63) is 59.7 Å². The van der Waals surface area contributed by atoms with Crippen LogP contribution in [0, 0.1) is 18.3 Å². The number of aryl methyl sites for hydroxylation is 1. The van der Waals surface area contributed by atoms with E-state index < -0.39 is 0 Å². The predicted octanol–water partition coefficient (Wildman–Crippen LogP) is 4.37. The maximum Gasteiger partial charge on any atom is 0.101 e. The maximum absolute atomic E-state index is 9.41. The molecular formula is C28H39N5. The highest BCUT2D eigenvalue weighted by atomic mass is 15.3. The lowest BCUT2D eigenvalue weighted by atomic mass is 10.0. The molecule has 2 fully saturated rings. The van der Waals surface area contributed by atoms with Crippen molar-refractivity contribution in [1.82, 2.24) is 9.80 Å². The molecule has 2 aliphatic heterocycles. The molecule has 0 aliphatic carbocycles. The van der Waals surface area contributed by atoms with Crippen molar-refractivity contribution in [1.29, 1.82) is 5.26 Å². The van der Waals surface area contributed by atoms with Gasteiger partial charge in [0.1, 0.15) is 6.07 Å². The van der Waals surface area contributed by atoms with Gasteiger partial charge in [0.2, 0.25) is 0 Å². The summed E-state index contributed by atoms with van der Waals surface area (Å²) in [5.74, 6) is 0. The van der Waals surface area contributed by atoms with Crippen LogP contribution >= 0.6 is 0 Å². The Hall–Kier alpha value is -2.55. The fourth-order valence-corrected chi connectivity index (χ4v) is 5.27. The first-order valence-corrected chi connectivity index (χ1v) is 12.6. The van der Waals surface area contributed by atoms with Gasteiger partial charge in [-0.25, -0.2) is 0 Å². The van der Waals surface area contributed by atoms with Gasteiger partial charge in [-0.05, 0) is 57.9 Å². The number of para-hydroxylation sites is 1. The van der Waals surface area contributed by atoms with Crippen molar-refractivity contribution < 1.29 is 0 Å². The molecule has 0 amide bonds. The minimum absolute atomic E-state index is 0.606. The van der Waals surface area contributed by atoms with Gasteiger partial charge in [0.15, 0.2) is 0 Å². The number of rotatable bonds is 7. The van der Waals surface area contributed by atoms with E-state index in [1.165, 1.54) is 24.1 Å². The Morgan fingerprint density at radius 2 is 1.24 bits per heavy atom. The van der Waals surface area contributed by atoms with Crippen molar-refractivity contribution in [2.45, 2.75) is 45.7 Å². The van der Waals surface area contributed by atoms with Crippen molar-refractivity contribution in [3.63, 3.8) is 0 Å². The highest BCUT2D eigenvalue weighted by Crippen LogP contribution is 2.23. The zero-order valence-electron chi connectivity index (χ0n) is 20.6. The highest BCUT2D eigenvalue weighted by Gasteiger charge is 2.25. The minimum atomic E-state index is 0.606. The summed E-state index contributed by atoms with van der Waals surface area (Å²) in [4.78, 5) is 10.2. The van der Waals surface area contributed by atoms with Gasteiger partial charge in [0, 0.05) is 70.1 Å². The third-order valence-corrected chi connectivity index (χ3v) is 7.64. The SMILES string of the molecule is Cc1ccc(N2CCN(C(C)CCC(C)N3CCN(c4ccccc4C#N)CC3)CC2)cc1. The van der Waals surface area contributed by atoms with Crippen LogP contribution in [0.4, 0.5) is 11.4 Å². The van der Waals surface area contributed by atoms with Crippen LogP contribution in [0.3, 0.4) is 0 Å². The Bertz CT molecular complexity index is 918. The molecule has 5 heteroatoms. The highest BCUT2D eigenvalue weighted by molar-refractivity contribution is 5.59. The third-order valence-electron chi connectivity index (χ3n) is 7.64. The molecule has 2 aliphatic rings. The fraction of sp³-hybridized carbons (Fsp3) is 0.536. The van der Waals surface area contributed by atoms with Crippen LogP contribution in [0.15, 0.2) is 48.5 Å². The summed E-state index contributed by atoms with van der Waals surface area (Å²) in [6, 6.07) is 20.5. The lowest BCUT2D eigenvalue weighted by Gasteiger charge is -2.41. The van der Waals surface area contributed by atoms with Crippen LogP contribution in [0.5, 0.6) is 0 Å². The maximum atomic E-state index is 9.41. The van der Waals surface area contributed by atoms with Gasteiger partial charge >= 0.3 is 0 Å². The molecule has 2 aromatic carbocycles. The summed E-state index contributed by atoms with van der Waals surface area (Å²) >= 11 is 0. The molecule has 2 heterocycles. The summed E-state index contributed by atoms with van der Waals surface area (Å²) in [7, 11) is 0. The van der Waals surface area contributed by atoms with E-state index in [0.29, 0.717) is 12.1 Å². The Labute approximate surface area is 200 Å². The van der Waals surface area contributed by atoms with E-state index in [9.17, 15) is 5.26 Å². The molecule has 0 aromatic heterocycles. The first-order chi connectivity index (χ1) is 16.0. The normalized spacial score (nSPS) is 19.8. The molecule has 0 radical (unpaired) electrons. The number of piperazine rings is 2. The standard InChI is InChI=1S/C28H39N5/c1-23-8-12-27(13-9-23)32-18-14-30(15-19-32)24(2)10-11-25(3)31-16-20-33(21-17-31)28-7-5-4-6-26(28)22-29/h4-9,12-13,24-25H,10-11,14-21H2,1-3H3. The molecule has 2 saturated heterocycles. The van der Waals surface area contributed by atoms with Crippen LogP contribution in [-0.4, -0.2) is 74.2 Å². The molecule has 0 saturated carbocycles. The summed E-state index contributed by atoms with van der Waals surface area (Å²) in [6.45, 7) is 15.6. The van der Waals surface area contributed by atoms with E-state index in [1.54, 1.807) is 0 Å². The monoisotopic (exact) mass is 445 g/mol. The first kappa shape index (κ1) is 23.6. The van der Waals surface area contributed by atoms with Crippen molar-refractivity contribution >= 4 is 11.4 Å². The largest absolute Gasteiger partial charge is 0.369 e. The second-order valence-electron chi connectivity index (χ2n) is 9.79. The number of nitriles is 1. The van der Waals surface area contributed by atoms with E-state index >= 15 is 0 Å². The molecule has 2 aromatic rings. The van der Waals surface area contributed by atoms with Gasteiger partial charge in [-0.3, -0.25) is 9.80 Å². The number of nitrogens with zero attached hydrogens (tertiary/aromatic N) is 5. The lowest BCUT2D eigenvalue weighted by molar-refractivity contribution is 0.152. The molecule has 176 valence electrons. The summed E-state index contributed by atoms with van der Waals surface area (Å²) < 4.78 is 0. The zero-order chi connectivity index (χ0) is 23.2. The number of hydrogen-bond acceptors (Lipinski definition) is 5. The van der Waals surface area contributed by atoms with Crippen molar-refractivity contribution in [2.75, 3.05) is 62.2 Å². The summed E-state index contributed by atoms with van der Waals surface area (Å²) in [5, 5.41) is 9.41. The molecule has 5 nitrogen and oxygen atoms in total. The Kier molecular flexibility index (Phi) is 7.90. The molecule has 4 rings (SSSR count). The lowest BCUT2D eigenvalue weighted by Crippen LogP contribution is -2.51. The van der Waals surface area contributed by atoms with Crippen LogP contribution in [0.1, 0.15) is 37.8 Å². The summed E-state index contributed by atoms with van der Waals surface area (Å²) in [6.07, 6.45) is 2.50. The van der Waals surface area contributed by atoms with Gasteiger partial charge in [-0.1, -0.05) is 29.8 Å². The van der Waals surface area contributed by atoms with E-state index in [4.69, 9.17) is 0 Å². The summed E-state index contributed by atoms with van der Waals surface area (Å²) in [5.41, 5.74) is 4.56. The van der Waals surface area contributed by atoms with Crippen LogP contribution in [0.2, 0.25) is 0 Å². The Morgan fingerprint density at radius 1 is 0.727 bits per heavy atom.